The summed E-state index contributed by atoms with van der Waals surface area (Å²) in [5, 5.41) is 5.22. The zero-order valence-electron chi connectivity index (χ0n) is 12.1. The number of rotatable bonds is 6. The average Bonchev–Trinajstić information content (AvgIpc) is 2.43. The van der Waals surface area contributed by atoms with Gasteiger partial charge < -0.3 is 15.4 Å². The Hall–Kier alpha value is -2.02. The molecule has 0 saturated carbocycles. The first kappa shape index (κ1) is 17.0. The van der Waals surface area contributed by atoms with E-state index < -0.39 is 12.0 Å². The normalized spacial score (nSPS) is 11.4. The molecule has 1 rings (SSSR count). The van der Waals surface area contributed by atoms with Crippen LogP contribution in [0.15, 0.2) is 29.2 Å². The van der Waals surface area contributed by atoms with Crippen LogP contribution in [-0.2, 0) is 19.1 Å². The van der Waals surface area contributed by atoms with Crippen molar-refractivity contribution in [2.45, 2.75) is 24.8 Å². The number of thioether (sulfide) groups is 1. The minimum absolute atomic E-state index is 0.133. The minimum atomic E-state index is -0.687. The summed E-state index contributed by atoms with van der Waals surface area (Å²) in [6.07, 6.45) is 0. The summed E-state index contributed by atoms with van der Waals surface area (Å²) in [4.78, 5) is 34.4. The van der Waals surface area contributed by atoms with Crippen LogP contribution in [-0.4, -0.2) is 36.7 Å². The number of ether oxygens (including phenoxy) is 1. The van der Waals surface area contributed by atoms with Crippen LogP contribution in [0.1, 0.15) is 13.8 Å². The van der Waals surface area contributed by atoms with Gasteiger partial charge in [-0.25, -0.2) is 4.79 Å². The molecule has 21 heavy (non-hydrogen) atoms. The second-order valence-corrected chi connectivity index (χ2v) is 5.39. The Morgan fingerprint density at radius 1 is 1.14 bits per heavy atom. The van der Waals surface area contributed by atoms with Gasteiger partial charge in [-0.2, -0.15) is 0 Å². The third kappa shape index (κ3) is 6.31. The zero-order valence-corrected chi connectivity index (χ0v) is 13.0. The van der Waals surface area contributed by atoms with E-state index in [2.05, 4.69) is 15.4 Å². The fraction of sp³-hybridized carbons (Fsp3) is 0.357. The molecule has 114 valence electrons. The summed E-state index contributed by atoms with van der Waals surface area (Å²) in [7, 11) is 1.28. The Morgan fingerprint density at radius 3 is 2.24 bits per heavy atom. The maximum Gasteiger partial charge on any atom is 0.329 e. The van der Waals surface area contributed by atoms with E-state index in [4.69, 9.17) is 0 Å². The summed E-state index contributed by atoms with van der Waals surface area (Å²) in [5.41, 5.74) is 0.707. The topological polar surface area (TPSA) is 84.5 Å². The number of hydrogen-bond donors (Lipinski definition) is 2. The molecule has 0 spiro atoms. The minimum Gasteiger partial charge on any atom is -0.467 e. The first-order valence-electron chi connectivity index (χ1n) is 6.27. The molecule has 7 heteroatoms. The standard InChI is InChI=1S/C14H18N2O4S/c1-9(17)15-11-4-6-12(7-5-11)21-8-13(14(19)20-3)16-10(2)18/h4-7,13H,8H2,1-3H3,(H,15,17)(H,16,18). The van der Waals surface area contributed by atoms with Crippen molar-refractivity contribution in [2.24, 2.45) is 0 Å². The molecule has 1 unspecified atom stereocenters. The smallest absolute Gasteiger partial charge is 0.329 e. The molecule has 0 aromatic heterocycles. The van der Waals surface area contributed by atoms with Gasteiger partial charge in [0, 0.05) is 30.2 Å². The lowest BCUT2D eigenvalue weighted by atomic mass is 10.3. The lowest BCUT2D eigenvalue weighted by molar-refractivity contribution is -0.144. The lowest BCUT2D eigenvalue weighted by Crippen LogP contribution is -2.42. The Kier molecular flexibility index (Phi) is 6.74. The molecule has 1 atom stereocenters. The van der Waals surface area contributed by atoms with Crippen molar-refractivity contribution in [3.05, 3.63) is 24.3 Å². The Balaban J connectivity index is 2.60. The number of methoxy groups -OCH3 is 1. The van der Waals surface area contributed by atoms with Gasteiger partial charge in [0.05, 0.1) is 7.11 Å². The van der Waals surface area contributed by atoms with Crippen molar-refractivity contribution in [3.8, 4) is 0 Å². The van der Waals surface area contributed by atoms with E-state index in [1.807, 2.05) is 12.1 Å². The van der Waals surface area contributed by atoms with Crippen LogP contribution in [0, 0.1) is 0 Å². The Morgan fingerprint density at radius 2 is 1.76 bits per heavy atom. The molecule has 0 heterocycles. The van der Waals surface area contributed by atoms with Gasteiger partial charge in [-0.1, -0.05) is 0 Å². The fourth-order valence-corrected chi connectivity index (χ4v) is 2.48. The third-order valence-electron chi connectivity index (χ3n) is 2.45. The maximum absolute atomic E-state index is 11.5. The number of esters is 1. The lowest BCUT2D eigenvalue weighted by Gasteiger charge is -2.15. The molecule has 2 amide bonds. The van der Waals surface area contributed by atoms with Crippen LogP contribution in [0.3, 0.4) is 0 Å². The molecule has 6 nitrogen and oxygen atoms in total. The maximum atomic E-state index is 11.5. The molecule has 2 N–H and O–H groups in total. The van der Waals surface area contributed by atoms with Gasteiger partial charge in [0.25, 0.3) is 0 Å². The Bertz CT molecular complexity index is 516. The van der Waals surface area contributed by atoms with E-state index in [1.54, 1.807) is 12.1 Å². The molecule has 0 aliphatic rings. The molecule has 0 fully saturated rings. The van der Waals surface area contributed by atoms with Crippen LogP contribution in [0.2, 0.25) is 0 Å². The first-order chi connectivity index (χ1) is 9.92. The number of anilines is 1. The highest BCUT2D eigenvalue weighted by Gasteiger charge is 2.20. The van der Waals surface area contributed by atoms with Crippen molar-refractivity contribution in [1.82, 2.24) is 5.32 Å². The molecule has 0 saturated heterocycles. The average molecular weight is 310 g/mol. The van der Waals surface area contributed by atoms with Crippen LogP contribution >= 0.6 is 11.8 Å². The fourth-order valence-electron chi connectivity index (χ4n) is 1.57. The zero-order chi connectivity index (χ0) is 15.8. The van der Waals surface area contributed by atoms with Gasteiger partial charge in [0.2, 0.25) is 11.8 Å². The number of hydrogen-bond acceptors (Lipinski definition) is 5. The largest absolute Gasteiger partial charge is 0.467 e. The number of carbonyl (C=O) groups excluding carboxylic acids is 3. The number of benzene rings is 1. The monoisotopic (exact) mass is 310 g/mol. The van der Waals surface area contributed by atoms with Gasteiger partial charge >= 0.3 is 5.97 Å². The van der Waals surface area contributed by atoms with Gasteiger partial charge in [0.15, 0.2) is 0 Å². The van der Waals surface area contributed by atoms with Crippen LogP contribution in [0.25, 0.3) is 0 Å². The molecule has 1 aromatic rings. The number of carbonyl (C=O) groups is 3. The van der Waals surface area contributed by atoms with Gasteiger partial charge in [-0.3, -0.25) is 9.59 Å². The highest BCUT2D eigenvalue weighted by molar-refractivity contribution is 7.99. The summed E-state index contributed by atoms with van der Waals surface area (Å²) in [6, 6.07) is 6.52. The van der Waals surface area contributed by atoms with E-state index >= 15 is 0 Å². The van der Waals surface area contributed by atoms with E-state index in [1.165, 1.54) is 32.7 Å². The highest BCUT2D eigenvalue weighted by atomic mass is 32.2. The van der Waals surface area contributed by atoms with Gasteiger partial charge in [-0.05, 0) is 24.3 Å². The summed E-state index contributed by atoms with van der Waals surface area (Å²) >= 11 is 1.41. The molecular formula is C14H18N2O4S. The first-order valence-corrected chi connectivity index (χ1v) is 7.26. The predicted molar refractivity (Wildman–Crippen MR) is 81.1 cm³/mol. The SMILES string of the molecule is COC(=O)C(CSc1ccc(NC(C)=O)cc1)NC(C)=O. The van der Waals surface area contributed by atoms with Crippen LogP contribution in [0.5, 0.6) is 0 Å². The van der Waals surface area contributed by atoms with Crippen LogP contribution in [0.4, 0.5) is 5.69 Å². The quantitative estimate of drug-likeness (QED) is 0.613. The molecule has 1 aromatic carbocycles. The second kappa shape index (κ2) is 8.31. The molecule has 0 bridgehead atoms. The van der Waals surface area contributed by atoms with Crippen molar-refractivity contribution in [1.29, 1.82) is 0 Å². The van der Waals surface area contributed by atoms with Crippen molar-refractivity contribution >= 4 is 35.2 Å². The van der Waals surface area contributed by atoms with Crippen LogP contribution < -0.4 is 10.6 Å². The second-order valence-electron chi connectivity index (χ2n) is 4.29. The van der Waals surface area contributed by atoms with E-state index in [0.29, 0.717) is 11.4 Å². The van der Waals surface area contributed by atoms with Crippen molar-refractivity contribution in [3.63, 3.8) is 0 Å². The van der Waals surface area contributed by atoms with Gasteiger partial charge in [-0.15, -0.1) is 11.8 Å². The highest BCUT2D eigenvalue weighted by Crippen LogP contribution is 2.21. The van der Waals surface area contributed by atoms with E-state index in [9.17, 15) is 14.4 Å². The summed E-state index contributed by atoms with van der Waals surface area (Å²) in [5.74, 6) is -0.530. The molecule has 0 aliphatic heterocycles. The molecule has 0 aliphatic carbocycles. The summed E-state index contributed by atoms with van der Waals surface area (Å²) < 4.78 is 4.65. The molecule has 0 radical (unpaired) electrons. The van der Waals surface area contributed by atoms with Crippen molar-refractivity contribution < 1.29 is 19.1 Å². The summed E-state index contributed by atoms with van der Waals surface area (Å²) in [6.45, 7) is 2.79. The third-order valence-corrected chi connectivity index (χ3v) is 3.56. The van der Waals surface area contributed by atoms with E-state index in [0.717, 1.165) is 4.90 Å². The van der Waals surface area contributed by atoms with E-state index in [-0.39, 0.29) is 11.8 Å². The van der Waals surface area contributed by atoms with Gasteiger partial charge in [0.1, 0.15) is 6.04 Å². The number of amides is 2. The predicted octanol–water partition coefficient (Wildman–Crippen LogP) is 1.41. The Labute approximate surface area is 127 Å². The molecular weight excluding hydrogens is 292 g/mol. The number of nitrogens with one attached hydrogen (secondary N) is 2. The van der Waals surface area contributed by atoms with Crippen molar-refractivity contribution in [2.75, 3.05) is 18.2 Å².